The predicted molar refractivity (Wildman–Crippen MR) is 107 cm³/mol. The maximum Gasteiger partial charge on any atom is 0.332 e. The zero-order valence-electron chi connectivity index (χ0n) is 15.3. The maximum atomic E-state index is 12.9. The fourth-order valence-corrected chi connectivity index (χ4v) is 3.08. The maximum absolute atomic E-state index is 12.9. The van der Waals surface area contributed by atoms with Gasteiger partial charge in [0, 0.05) is 6.07 Å². The summed E-state index contributed by atoms with van der Waals surface area (Å²) >= 11 is 6.19. The molecule has 1 aromatic heterocycles. The molecule has 0 bridgehead atoms. The van der Waals surface area contributed by atoms with Crippen molar-refractivity contribution in [1.29, 1.82) is 0 Å². The van der Waals surface area contributed by atoms with Crippen LogP contribution in [0.5, 0.6) is 5.75 Å². The Kier molecular flexibility index (Phi) is 5.81. The molecule has 0 N–H and O–H groups in total. The molecule has 0 aliphatic heterocycles. The molecule has 27 heavy (non-hydrogen) atoms. The predicted octanol–water partition coefficient (Wildman–Crippen LogP) is 3.33. The van der Waals surface area contributed by atoms with Gasteiger partial charge in [0.25, 0.3) is 5.56 Å². The highest BCUT2D eigenvalue weighted by atomic mass is 35.5. The number of aromatic nitrogens is 2. The summed E-state index contributed by atoms with van der Waals surface area (Å²) in [6.45, 7) is 2.57. The van der Waals surface area contributed by atoms with Gasteiger partial charge in [-0.1, -0.05) is 54.9 Å². The summed E-state index contributed by atoms with van der Waals surface area (Å²) in [5.74, 6) is 0.718. The van der Waals surface area contributed by atoms with Crippen molar-refractivity contribution in [2.45, 2.75) is 26.4 Å². The summed E-state index contributed by atoms with van der Waals surface area (Å²) in [6.07, 6.45) is 0.952. The van der Waals surface area contributed by atoms with Crippen LogP contribution in [0.1, 0.15) is 23.6 Å². The van der Waals surface area contributed by atoms with Gasteiger partial charge in [-0.15, -0.1) is 0 Å². The van der Waals surface area contributed by atoms with E-state index in [1.54, 1.807) is 19.2 Å². The molecule has 0 saturated heterocycles. The lowest BCUT2D eigenvalue weighted by Crippen LogP contribution is -2.40. The first-order valence-corrected chi connectivity index (χ1v) is 9.10. The van der Waals surface area contributed by atoms with E-state index in [4.69, 9.17) is 16.3 Å². The highest BCUT2D eigenvalue weighted by Gasteiger charge is 2.11. The minimum absolute atomic E-state index is 0.135. The van der Waals surface area contributed by atoms with E-state index in [2.05, 4.69) is 6.92 Å². The third-order valence-electron chi connectivity index (χ3n) is 4.50. The standard InChI is InChI=1S/C21H21ClN2O3/c1-3-15-4-6-16(7-5-15)13-23-19(22)12-20(25)24(21(23)26)14-17-8-10-18(27-2)11-9-17/h4-12H,3,13-14H2,1-2H3. The number of aryl methyl sites for hydroxylation is 1. The number of rotatable bonds is 6. The van der Waals surface area contributed by atoms with Crippen molar-refractivity contribution in [2.75, 3.05) is 7.11 Å². The van der Waals surface area contributed by atoms with Crippen LogP contribution in [0.4, 0.5) is 0 Å². The van der Waals surface area contributed by atoms with E-state index in [1.807, 2.05) is 36.4 Å². The van der Waals surface area contributed by atoms with Gasteiger partial charge in [-0.3, -0.25) is 13.9 Å². The summed E-state index contributed by atoms with van der Waals surface area (Å²) in [6, 6.07) is 16.5. The smallest absolute Gasteiger partial charge is 0.332 e. The van der Waals surface area contributed by atoms with Gasteiger partial charge in [-0.25, -0.2) is 4.79 Å². The Balaban J connectivity index is 1.94. The largest absolute Gasteiger partial charge is 0.497 e. The zero-order valence-corrected chi connectivity index (χ0v) is 16.1. The van der Waals surface area contributed by atoms with E-state index in [-0.39, 0.29) is 11.7 Å². The van der Waals surface area contributed by atoms with Crippen LogP contribution < -0.4 is 16.0 Å². The molecule has 0 fully saturated rings. The number of halogens is 1. The summed E-state index contributed by atoms with van der Waals surface area (Å²) in [4.78, 5) is 25.2. The Morgan fingerprint density at radius 3 is 1.93 bits per heavy atom. The number of ether oxygens (including phenoxy) is 1. The van der Waals surface area contributed by atoms with Gasteiger partial charge < -0.3 is 4.74 Å². The van der Waals surface area contributed by atoms with Crippen molar-refractivity contribution in [2.24, 2.45) is 0 Å². The normalized spacial score (nSPS) is 10.8. The molecule has 1 heterocycles. The molecule has 0 radical (unpaired) electrons. The third-order valence-corrected chi connectivity index (χ3v) is 4.81. The average Bonchev–Trinajstić information content (AvgIpc) is 2.69. The molecule has 0 atom stereocenters. The number of hydrogen-bond acceptors (Lipinski definition) is 3. The second-order valence-corrected chi connectivity index (χ2v) is 6.67. The van der Waals surface area contributed by atoms with Crippen LogP contribution in [-0.2, 0) is 19.5 Å². The molecular weight excluding hydrogens is 364 g/mol. The number of hydrogen-bond donors (Lipinski definition) is 0. The lowest BCUT2D eigenvalue weighted by Gasteiger charge is -2.13. The van der Waals surface area contributed by atoms with Gasteiger partial charge in [0.05, 0.1) is 20.2 Å². The van der Waals surface area contributed by atoms with Crippen molar-refractivity contribution < 1.29 is 4.74 Å². The molecular formula is C21H21ClN2O3. The Hall–Kier alpha value is -2.79. The minimum atomic E-state index is -0.428. The molecule has 140 valence electrons. The molecule has 0 aliphatic carbocycles. The van der Waals surface area contributed by atoms with Crippen molar-refractivity contribution in [3.05, 3.63) is 97.3 Å². The average molecular weight is 385 g/mol. The molecule has 0 amide bonds. The molecule has 6 heteroatoms. The first-order chi connectivity index (χ1) is 13.0. The zero-order chi connectivity index (χ0) is 19.4. The van der Waals surface area contributed by atoms with E-state index >= 15 is 0 Å². The molecule has 2 aromatic carbocycles. The molecule has 3 aromatic rings. The first kappa shape index (κ1) is 19.0. The summed E-state index contributed by atoms with van der Waals surface area (Å²) in [7, 11) is 1.59. The van der Waals surface area contributed by atoms with E-state index in [0.717, 1.165) is 23.3 Å². The molecule has 0 aliphatic rings. The van der Waals surface area contributed by atoms with Crippen LogP contribution in [0.15, 0.2) is 64.2 Å². The van der Waals surface area contributed by atoms with E-state index in [9.17, 15) is 9.59 Å². The number of nitrogens with zero attached hydrogens (tertiary/aromatic N) is 2. The first-order valence-electron chi connectivity index (χ1n) is 8.72. The highest BCUT2D eigenvalue weighted by molar-refractivity contribution is 6.29. The molecule has 0 saturated carbocycles. The Morgan fingerprint density at radius 1 is 0.852 bits per heavy atom. The monoisotopic (exact) mass is 384 g/mol. The van der Waals surface area contributed by atoms with Gasteiger partial charge in [0.2, 0.25) is 0 Å². The third kappa shape index (κ3) is 4.31. The molecule has 0 unspecified atom stereocenters. The lowest BCUT2D eigenvalue weighted by molar-refractivity contribution is 0.414. The van der Waals surface area contributed by atoms with Gasteiger partial charge in [0.15, 0.2) is 0 Å². The Labute approximate surface area is 162 Å². The summed E-state index contributed by atoms with van der Waals surface area (Å²) in [5.41, 5.74) is 2.16. The molecule has 3 rings (SSSR count). The van der Waals surface area contributed by atoms with Gasteiger partial charge in [-0.05, 0) is 35.2 Å². The van der Waals surface area contributed by atoms with Crippen LogP contribution >= 0.6 is 11.6 Å². The molecule has 0 spiro atoms. The van der Waals surface area contributed by atoms with Crippen LogP contribution in [0.3, 0.4) is 0 Å². The Morgan fingerprint density at radius 2 is 1.37 bits per heavy atom. The Bertz CT molecular complexity index is 1040. The lowest BCUT2D eigenvalue weighted by atomic mass is 10.1. The van der Waals surface area contributed by atoms with E-state index in [1.165, 1.54) is 20.8 Å². The highest BCUT2D eigenvalue weighted by Crippen LogP contribution is 2.12. The van der Waals surface area contributed by atoms with E-state index < -0.39 is 11.2 Å². The fraction of sp³-hybridized carbons (Fsp3) is 0.238. The van der Waals surface area contributed by atoms with Crippen molar-refractivity contribution in [1.82, 2.24) is 9.13 Å². The fourth-order valence-electron chi connectivity index (χ4n) is 2.85. The summed E-state index contributed by atoms with van der Waals surface area (Å²) < 4.78 is 7.73. The van der Waals surface area contributed by atoms with Crippen molar-refractivity contribution >= 4 is 11.6 Å². The number of methoxy groups -OCH3 is 1. The van der Waals surface area contributed by atoms with Crippen molar-refractivity contribution in [3.63, 3.8) is 0 Å². The quantitative estimate of drug-likeness (QED) is 0.612. The van der Waals surface area contributed by atoms with Gasteiger partial charge in [-0.2, -0.15) is 0 Å². The van der Waals surface area contributed by atoms with Gasteiger partial charge >= 0.3 is 5.69 Å². The minimum Gasteiger partial charge on any atom is -0.497 e. The van der Waals surface area contributed by atoms with Gasteiger partial charge in [0.1, 0.15) is 10.9 Å². The van der Waals surface area contributed by atoms with Crippen molar-refractivity contribution in [3.8, 4) is 5.75 Å². The van der Waals surface area contributed by atoms with Crippen LogP contribution in [0.25, 0.3) is 0 Å². The second-order valence-electron chi connectivity index (χ2n) is 6.28. The second kappa shape index (κ2) is 8.27. The van der Waals surface area contributed by atoms with Crippen LogP contribution in [-0.4, -0.2) is 16.2 Å². The van der Waals surface area contributed by atoms with E-state index in [0.29, 0.717) is 6.54 Å². The van der Waals surface area contributed by atoms with Crippen LogP contribution in [0.2, 0.25) is 5.15 Å². The molecule has 5 nitrogen and oxygen atoms in total. The number of benzene rings is 2. The summed E-state index contributed by atoms with van der Waals surface area (Å²) in [5, 5.41) is 0.135. The van der Waals surface area contributed by atoms with Crippen LogP contribution in [0, 0.1) is 0 Å². The topological polar surface area (TPSA) is 53.2 Å². The SMILES string of the molecule is CCc1ccc(Cn2c(Cl)cc(=O)n(Cc3ccc(OC)cc3)c2=O)cc1.